The molecule has 1 aromatic carbocycles. The molecule has 1 aliphatic heterocycles. The monoisotopic (exact) mass is 308 g/mol. The summed E-state index contributed by atoms with van der Waals surface area (Å²) >= 11 is 3.67. The third kappa shape index (κ3) is 2.30. The predicted octanol–water partition coefficient (Wildman–Crippen LogP) is 3.19. The SMILES string of the molecule is NCCc1ccc(N2CC3CCCC3C2)cc1Br. The van der Waals surface area contributed by atoms with E-state index >= 15 is 0 Å². The number of anilines is 1. The highest BCUT2D eigenvalue weighted by atomic mass is 79.9. The molecule has 1 heterocycles. The summed E-state index contributed by atoms with van der Waals surface area (Å²) in [6.07, 6.45) is 5.27. The van der Waals surface area contributed by atoms with Gasteiger partial charge in [-0.25, -0.2) is 0 Å². The summed E-state index contributed by atoms with van der Waals surface area (Å²) in [4.78, 5) is 2.56. The first kappa shape index (κ1) is 12.5. The van der Waals surface area contributed by atoms with Crippen molar-refractivity contribution < 1.29 is 0 Å². The molecule has 1 saturated heterocycles. The van der Waals surface area contributed by atoms with Crippen LogP contribution in [0, 0.1) is 11.8 Å². The molecule has 1 aliphatic carbocycles. The van der Waals surface area contributed by atoms with Crippen molar-refractivity contribution in [1.82, 2.24) is 0 Å². The molecule has 2 atom stereocenters. The Morgan fingerprint density at radius 2 is 1.94 bits per heavy atom. The number of nitrogens with two attached hydrogens (primary N) is 1. The quantitative estimate of drug-likeness (QED) is 0.929. The summed E-state index contributed by atoms with van der Waals surface area (Å²) in [5.41, 5.74) is 8.31. The summed E-state index contributed by atoms with van der Waals surface area (Å²) in [5, 5.41) is 0. The third-order valence-electron chi connectivity index (χ3n) is 4.54. The Kier molecular flexibility index (Phi) is 3.62. The van der Waals surface area contributed by atoms with Crippen LogP contribution >= 0.6 is 15.9 Å². The number of hydrogen-bond acceptors (Lipinski definition) is 2. The van der Waals surface area contributed by atoms with E-state index in [9.17, 15) is 0 Å². The normalized spacial score (nSPS) is 26.7. The summed E-state index contributed by atoms with van der Waals surface area (Å²) in [5.74, 6) is 1.90. The Morgan fingerprint density at radius 1 is 1.22 bits per heavy atom. The lowest BCUT2D eigenvalue weighted by Gasteiger charge is -2.20. The summed E-state index contributed by atoms with van der Waals surface area (Å²) in [6, 6.07) is 6.75. The van der Waals surface area contributed by atoms with Crippen molar-refractivity contribution in [2.24, 2.45) is 17.6 Å². The molecule has 18 heavy (non-hydrogen) atoms. The average Bonchev–Trinajstić information content (AvgIpc) is 2.92. The van der Waals surface area contributed by atoms with Crippen LogP contribution in [0.5, 0.6) is 0 Å². The van der Waals surface area contributed by atoms with E-state index in [-0.39, 0.29) is 0 Å². The first-order chi connectivity index (χ1) is 8.78. The minimum atomic E-state index is 0.714. The van der Waals surface area contributed by atoms with Crippen molar-refractivity contribution >= 4 is 21.6 Å². The zero-order valence-electron chi connectivity index (χ0n) is 10.7. The molecule has 2 N–H and O–H groups in total. The summed E-state index contributed by atoms with van der Waals surface area (Å²) in [7, 11) is 0. The predicted molar refractivity (Wildman–Crippen MR) is 79.9 cm³/mol. The zero-order valence-corrected chi connectivity index (χ0v) is 12.3. The van der Waals surface area contributed by atoms with Crippen molar-refractivity contribution in [3.05, 3.63) is 28.2 Å². The Morgan fingerprint density at radius 3 is 2.56 bits per heavy atom. The van der Waals surface area contributed by atoms with Gasteiger partial charge in [-0.15, -0.1) is 0 Å². The maximum atomic E-state index is 5.62. The van der Waals surface area contributed by atoms with Crippen molar-refractivity contribution in [2.45, 2.75) is 25.7 Å². The van der Waals surface area contributed by atoms with Gasteiger partial charge >= 0.3 is 0 Å². The molecule has 0 radical (unpaired) electrons. The molecule has 98 valence electrons. The van der Waals surface area contributed by atoms with Gasteiger partial charge < -0.3 is 10.6 Å². The highest BCUT2D eigenvalue weighted by molar-refractivity contribution is 9.10. The van der Waals surface area contributed by atoms with Gasteiger partial charge in [0.05, 0.1) is 0 Å². The van der Waals surface area contributed by atoms with Crippen molar-refractivity contribution in [1.29, 1.82) is 0 Å². The Bertz CT molecular complexity index is 421. The van der Waals surface area contributed by atoms with E-state index in [0.29, 0.717) is 6.54 Å². The first-order valence-corrected chi connectivity index (χ1v) is 7.80. The smallest absolute Gasteiger partial charge is 0.0377 e. The Hall–Kier alpha value is -0.540. The van der Waals surface area contributed by atoms with Crippen LogP contribution in [-0.2, 0) is 6.42 Å². The van der Waals surface area contributed by atoms with Crippen LogP contribution in [0.4, 0.5) is 5.69 Å². The lowest BCUT2D eigenvalue weighted by molar-refractivity contribution is 0.494. The fraction of sp³-hybridized carbons (Fsp3) is 0.600. The van der Waals surface area contributed by atoms with Crippen molar-refractivity contribution in [3.63, 3.8) is 0 Å². The molecule has 2 nitrogen and oxygen atoms in total. The van der Waals surface area contributed by atoms with Gasteiger partial charge in [0.2, 0.25) is 0 Å². The molecule has 1 aromatic rings. The number of halogens is 1. The first-order valence-electron chi connectivity index (χ1n) is 7.01. The van der Waals surface area contributed by atoms with Crippen LogP contribution in [0.15, 0.2) is 22.7 Å². The van der Waals surface area contributed by atoms with E-state index in [2.05, 4.69) is 39.0 Å². The highest BCUT2D eigenvalue weighted by Crippen LogP contribution is 2.40. The van der Waals surface area contributed by atoms with Crippen LogP contribution in [0.25, 0.3) is 0 Å². The van der Waals surface area contributed by atoms with E-state index in [4.69, 9.17) is 5.73 Å². The summed E-state index contributed by atoms with van der Waals surface area (Å²) < 4.78 is 1.21. The van der Waals surface area contributed by atoms with Gasteiger partial charge in [-0.3, -0.25) is 0 Å². The Labute approximate surface area is 118 Å². The molecule has 0 amide bonds. The lowest BCUT2D eigenvalue weighted by Crippen LogP contribution is -2.20. The minimum absolute atomic E-state index is 0.714. The average molecular weight is 309 g/mol. The molecular weight excluding hydrogens is 288 g/mol. The molecule has 2 fully saturated rings. The largest absolute Gasteiger partial charge is 0.371 e. The van der Waals surface area contributed by atoms with Gasteiger partial charge in [-0.1, -0.05) is 28.4 Å². The van der Waals surface area contributed by atoms with Crippen LogP contribution in [0.2, 0.25) is 0 Å². The summed E-state index contributed by atoms with van der Waals surface area (Å²) in [6.45, 7) is 3.23. The van der Waals surface area contributed by atoms with Crippen molar-refractivity contribution in [3.8, 4) is 0 Å². The molecule has 0 spiro atoms. The number of fused-ring (bicyclic) bond motifs is 1. The maximum absolute atomic E-state index is 5.62. The zero-order chi connectivity index (χ0) is 12.5. The van der Waals surface area contributed by atoms with Crippen LogP contribution < -0.4 is 10.6 Å². The topological polar surface area (TPSA) is 29.3 Å². The second-order valence-electron chi connectivity index (χ2n) is 5.67. The molecule has 3 rings (SSSR count). The van der Waals surface area contributed by atoms with Gasteiger partial charge in [0.25, 0.3) is 0 Å². The standard InChI is InChI=1S/C15H21BrN2/c16-15-8-14(5-4-11(15)6-7-17)18-9-12-2-1-3-13(12)10-18/h4-5,8,12-13H,1-3,6-7,9-10,17H2. The molecule has 0 aromatic heterocycles. The Balaban J connectivity index is 1.75. The van der Waals surface area contributed by atoms with E-state index in [0.717, 1.165) is 18.3 Å². The second kappa shape index (κ2) is 5.22. The molecule has 0 bridgehead atoms. The van der Waals surface area contributed by atoms with Crippen LogP contribution in [-0.4, -0.2) is 19.6 Å². The van der Waals surface area contributed by atoms with E-state index in [1.54, 1.807) is 0 Å². The number of hydrogen-bond donors (Lipinski definition) is 1. The van der Waals surface area contributed by atoms with Gasteiger partial charge in [0.15, 0.2) is 0 Å². The van der Waals surface area contributed by atoms with Crippen LogP contribution in [0.1, 0.15) is 24.8 Å². The van der Waals surface area contributed by atoms with Gasteiger partial charge in [0.1, 0.15) is 0 Å². The number of rotatable bonds is 3. The maximum Gasteiger partial charge on any atom is 0.0377 e. The molecule has 3 heteroatoms. The lowest BCUT2D eigenvalue weighted by atomic mass is 10.0. The fourth-order valence-corrected chi connectivity index (χ4v) is 4.10. The molecule has 2 aliphatic rings. The molecule has 1 saturated carbocycles. The fourth-order valence-electron chi connectivity index (χ4n) is 3.54. The van der Waals surface area contributed by atoms with E-state index < -0.39 is 0 Å². The van der Waals surface area contributed by atoms with Gasteiger partial charge in [0, 0.05) is 23.2 Å². The number of benzene rings is 1. The van der Waals surface area contributed by atoms with E-state index in [1.807, 2.05) is 0 Å². The molecular formula is C15H21BrN2. The molecule has 2 unspecified atom stereocenters. The third-order valence-corrected chi connectivity index (χ3v) is 5.28. The van der Waals surface area contributed by atoms with Gasteiger partial charge in [-0.05, 0) is 55.3 Å². The van der Waals surface area contributed by atoms with Gasteiger partial charge in [-0.2, -0.15) is 0 Å². The number of nitrogens with zero attached hydrogens (tertiary/aromatic N) is 1. The van der Waals surface area contributed by atoms with E-state index in [1.165, 1.54) is 48.1 Å². The highest BCUT2D eigenvalue weighted by Gasteiger charge is 2.36. The second-order valence-corrected chi connectivity index (χ2v) is 6.52. The minimum Gasteiger partial charge on any atom is -0.371 e. The van der Waals surface area contributed by atoms with Crippen LogP contribution in [0.3, 0.4) is 0 Å². The van der Waals surface area contributed by atoms with Crippen molar-refractivity contribution in [2.75, 3.05) is 24.5 Å².